The first-order valence-corrected chi connectivity index (χ1v) is 3.83. The summed E-state index contributed by atoms with van der Waals surface area (Å²) in [5, 5.41) is 4.96. The van der Waals surface area contributed by atoms with Crippen LogP contribution >= 0.6 is 10.8 Å². The van der Waals surface area contributed by atoms with Crippen LogP contribution in [-0.4, -0.2) is 14.4 Å². The molecule has 0 spiro atoms. The van der Waals surface area contributed by atoms with Crippen LogP contribution in [0.3, 0.4) is 0 Å². The van der Waals surface area contributed by atoms with Gasteiger partial charge in [0.25, 0.3) is 0 Å². The van der Waals surface area contributed by atoms with Crippen molar-refractivity contribution < 1.29 is 9.11 Å². The molecule has 1 saturated carbocycles. The summed E-state index contributed by atoms with van der Waals surface area (Å²) in [6, 6.07) is 0. The molecular weight excluding hydrogens is 114 g/mol. The van der Waals surface area contributed by atoms with E-state index in [4.69, 9.17) is 14.2 Å². The second kappa shape index (κ2) is 1.35. The van der Waals surface area contributed by atoms with Crippen molar-refractivity contribution in [2.75, 3.05) is 0 Å². The van der Waals surface area contributed by atoms with Gasteiger partial charge >= 0.3 is 0 Å². The summed E-state index contributed by atoms with van der Waals surface area (Å²) in [5.41, 5.74) is 0. The second-order valence-electron chi connectivity index (χ2n) is 1.84. The lowest BCUT2D eigenvalue weighted by atomic mass is 11.0. The number of hydrogen-bond donors (Lipinski definition) is 3. The zero-order valence-corrected chi connectivity index (χ0v) is 4.69. The summed E-state index contributed by atoms with van der Waals surface area (Å²) in [7, 11) is -2.63. The van der Waals surface area contributed by atoms with Crippen LogP contribution < -0.4 is 5.14 Å². The SMILES string of the molecule is NS(O)(O)C1CC1. The van der Waals surface area contributed by atoms with E-state index in [1.54, 1.807) is 0 Å². The summed E-state index contributed by atoms with van der Waals surface area (Å²) in [6.45, 7) is 0. The fraction of sp³-hybridized carbons (Fsp3) is 1.00. The average Bonchev–Trinajstić information content (AvgIpc) is 1.99. The first kappa shape index (κ1) is 5.37. The Morgan fingerprint density at radius 3 is 1.86 bits per heavy atom. The molecule has 0 amide bonds. The third kappa shape index (κ3) is 1.31. The Bertz CT molecular complexity index is 75.5. The van der Waals surface area contributed by atoms with Gasteiger partial charge in [-0.15, -0.1) is 10.8 Å². The molecule has 4 N–H and O–H groups in total. The van der Waals surface area contributed by atoms with Crippen LogP contribution in [0.2, 0.25) is 0 Å². The van der Waals surface area contributed by atoms with Crippen LogP contribution in [0.15, 0.2) is 0 Å². The van der Waals surface area contributed by atoms with Crippen LogP contribution in [0.5, 0.6) is 0 Å². The van der Waals surface area contributed by atoms with E-state index in [2.05, 4.69) is 0 Å². The molecule has 0 aliphatic heterocycles. The summed E-state index contributed by atoms with van der Waals surface area (Å²) in [4.78, 5) is 0. The maximum Gasteiger partial charge on any atom is 0.0637 e. The van der Waals surface area contributed by atoms with E-state index in [9.17, 15) is 0 Å². The van der Waals surface area contributed by atoms with Gasteiger partial charge in [-0.1, -0.05) is 0 Å². The molecule has 4 heteroatoms. The third-order valence-electron chi connectivity index (χ3n) is 1.01. The molecule has 0 saturated heterocycles. The minimum Gasteiger partial charge on any atom is -0.286 e. The Labute approximate surface area is 44.0 Å². The van der Waals surface area contributed by atoms with Crippen molar-refractivity contribution in [1.29, 1.82) is 0 Å². The third-order valence-corrected chi connectivity index (χ3v) is 2.47. The van der Waals surface area contributed by atoms with E-state index < -0.39 is 10.8 Å². The summed E-state index contributed by atoms with van der Waals surface area (Å²) in [5.74, 6) is 0. The van der Waals surface area contributed by atoms with Crippen LogP contribution in [0.25, 0.3) is 0 Å². The Kier molecular flexibility index (Phi) is 1.04. The minimum atomic E-state index is -2.63. The number of hydrogen-bond acceptors (Lipinski definition) is 3. The van der Waals surface area contributed by atoms with Crippen molar-refractivity contribution in [1.82, 2.24) is 0 Å². The van der Waals surface area contributed by atoms with E-state index in [0.29, 0.717) is 0 Å². The molecule has 1 rings (SSSR count). The van der Waals surface area contributed by atoms with Crippen molar-refractivity contribution in [3.63, 3.8) is 0 Å². The molecule has 0 aromatic rings. The number of rotatable bonds is 1. The van der Waals surface area contributed by atoms with Gasteiger partial charge in [-0.2, -0.15) is 0 Å². The molecule has 1 aliphatic rings. The molecule has 1 aliphatic carbocycles. The molecule has 1 fully saturated rings. The van der Waals surface area contributed by atoms with E-state index in [0.717, 1.165) is 12.8 Å². The highest BCUT2D eigenvalue weighted by Gasteiger charge is 2.32. The molecule has 0 bridgehead atoms. The highest BCUT2D eigenvalue weighted by molar-refractivity contribution is 8.23. The van der Waals surface area contributed by atoms with Gasteiger partial charge < -0.3 is 0 Å². The average molecular weight is 123 g/mol. The summed E-state index contributed by atoms with van der Waals surface area (Å²) in [6.07, 6.45) is 1.78. The molecule has 0 unspecified atom stereocenters. The molecule has 3 nitrogen and oxygen atoms in total. The molecule has 0 aromatic carbocycles. The van der Waals surface area contributed by atoms with Crippen molar-refractivity contribution in [2.45, 2.75) is 18.1 Å². The van der Waals surface area contributed by atoms with Crippen LogP contribution in [-0.2, 0) is 0 Å². The van der Waals surface area contributed by atoms with Gasteiger partial charge in [-0.05, 0) is 12.8 Å². The highest BCUT2D eigenvalue weighted by atomic mass is 32.3. The van der Waals surface area contributed by atoms with Gasteiger partial charge in [0, 0.05) is 0 Å². The van der Waals surface area contributed by atoms with Crippen LogP contribution in [0.1, 0.15) is 12.8 Å². The summed E-state index contributed by atoms with van der Waals surface area (Å²) >= 11 is 0. The molecule has 0 heterocycles. The van der Waals surface area contributed by atoms with Crippen molar-refractivity contribution in [3.8, 4) is 0 Å². The van der Waals surface area contributed by atoms with Crippen molar-refractivity contribution >= 4 is 10.8 Å². The molecule has 0 radical (unpaired) electrons. The minimum absolute atomic E-state index is 0.0208. The quantitative estimate of drug-likeness (QED) is 0.482. The first-order valence-electron chi connectivity index (χ1n) is 2.15. The maximum absolute atomic E-state index is 8.57. The monoisotopic (exact) mass is 123 g/mol. The van der Waals surface area contributed by atoms with E-state index in [1.165, 1.54) is 0 Å². The topological polar surface area (TPSA) is 66.5 Å². The predicted molar refractivity (Wildman–Crippen MR) is 30.1 cm³/mol. The molecule has 7 heavy (non-hydrogen) atoms. The lowest BCUT2D eigenvalue weighted by Gasteiger charge is -2.25. The first-order chi connectivity index (χ1) is 3.11. The molecule has 44 valence electrons. The van der Waals surface area contributed by atoms with Gasteiger partial charge in [-0.25, -0.2) is 5.14 Å². The fourth-order valence-corrected chi connectivity index (χ4v) is 1.24. The van der Waals surface area contributed by atoms with E-state index in [-0.39, 0.29) is 5.25 Å². The van der Waals surface area contributed by atoms with Crippen LogP contribution in [0, 0.1) is 0 Å². The predicted octanol–water partition coefficient (Wildman–Crippen LogP) is 0.773. The van der Waals surface area contributed by atoms with Crippen molar-refractivity contribution in [3.05, 3.63) is 0 Å². The van der Waals surface area contributed by atoms with E-state index >= 15 is 0 Å². The fourth-order valence-electron chi connectivity index (χ4n) is 0.415. The number of nitrogens with two attached hydrogens (primary N) is 1. The second-order valence-corrected chi connectivity index (χ2v) is 3.78. The van der Waals surface area contributed by atoms with Gasteiger partial charge in [-0.3, -0.25) is 9.11 Å². The standard InChI is InChI=1S/C3H9NO2S/c4-7(5,6)3-1-2-3/h3,5-6H,1-2,4H2. The largest absolute Gasteiger partial charge is 0.286 e. The Balaban J connectivity index is 2.36. The highest BCUT2D eigenvalue weighted by Crippen LogP contribution is 2.49. The zero-order valence-electron chi connectivity index (χ0n) is 3.87. The lowest BCUT2D eigenvalue weighted by molar-refractivity contribution is 0.487. The smallest absolute Gasteiger partial charge is 0.0637 e. The zero-order chi connectivity index (χ0) is 5.49. The van der Waals surface area contributed by atoms with Gasteiger partial charge in [0.2, 0.25) is 0 Å². The Morgan fingerprint density at radius 2 is 1.86 bits per heavy atom. The van der Waals surface area contributed by atoms with Crippen molar-refractivity contribution in [2.24, 2.45) is 5.14 Å². The normalized spacial score (nSPS) is 25.0. The maximum atomic E-state index is 8.57. The molecular formula is C3H9NO2S. The van der Waals surface area contributed by atoms with Crippen LogP contribution in [0.4, 0.5) is 0 Å². The lowest BCUT2D eigenvalue weighted by Crippen LogP contribution is -2.12. The van der Waals surface area contributed by atoms with Gasteiger partial charge in [0.05, 0.1) is 5.25 Å². The Morgan fingerprint density at radius 1 is 1.43 bits per heavy atom. The van der Waals surface area contributed by atoms with Gasteiger partial charge in [0.1, 0.15) is 0 Å². The molecule has 0 aromatic heterocycles. The Hall–Kier alpha value is 0.230. The van der Waals surface area contributed by atoms with E-state index in [1.807, 2.05) is 0 Å². The summed E-state index contributed by atoms with van der Waals surface area (Å²) < 4.78 is 17.1. The van der Waals surface area contributed by atoms with Gasteiger partial charge in [0.15, 0.2) is 0 Å². The molecule has 0 atom stereocenters.